The first-order valence-corrected chi connectivity index (χ1v) is 10.4. The van der Waals surface area contributed by atoms with Crippen LogP contribution in [0.2, 0.25) is 5.02 Å². The maximum atomic E-state index is 15.2. The number of esters is 1. The van der Waals surface area contributed by atoms with Gasteiger partial charge in [-0.05, 0) is 47.1 Å². The standard InChI is InChI=1S/C22H26ClFN4O4/c1-8-31-15(29)11-13-9-10-14(17(24)16(13)23)18-19(25-7)20(28(27-18)12(2)3)26-21(30)32-22(4,5)6/h9-10,12H,8,11H2,1-6H3,(H,26,30). The number of carbonyl (C=O) groups excluding carboxylic acids is 2. The Morgan fingerprint density at radius 2 is 2.00 bits per heavy atom. The van der Waals surface area contributed by atoms with Gasteiger partial charge in [0.1, 0.15) is 22.9 Å². The van der Waals surface area contributed by atoms with Gasteiger partial charge < -0.3 is 9.47 Å². The van der Waals surface area contributed by atoms with Crippen molar-refractivity contribution in [1.29, 1.82) is 0 Å². The summed E-state index contributed by atoms with van der Waals surface area (Å²) < 4.78 is 26.7. The second-order valence-electron chi connectivity index (χ2n) is 8.20. The third-order valence-electron chi connectivity index (χ3n) is 4.16. The van der Waals surface area contributed by atoms with Crippen LogP contribution in [0, 0.1) is 12.4 Å². The molecular weight excluding hydrogens is 439 g/mol. The highest BCUT2D eigenvalue weighted by atomic mass is 35.5. The Morgan fingerprint density at radius 1 is 1.34 bits per heavy atom. The molecule has 0 saturated carbocycles. The average molecular weight is 465 g/mol. The highest BCUT2D eigenvalue weighted by molar-refractivity contribution is 6.32. The van der Waals surface area contributed by atoms with Crippen molar-refractivity contribution in [3.05, 3.63) is 40.0 Å². The lowest BCUT2D eigenvalue weighted by molar-refractivity contribution is -0.142. The summed E-state index contributed by atoms with van der Waals surface area (Å²) in [6.07, 6.45) is -0.954. The average Bonchev–Trinajstić information content (AvgIpc) is 3.02. The molecule has 172 valence electrons. The molecule has 1 aromatic heterocycles. The minimum atomic E-state index is -0.824. The SMILES string of the molecule is [C-]#[N+]c1c(-c2ccc(CC(=O)OCC)c(Cl)c2F)nn(C(C)C)c1NC(=O)OC(C)(C)C. The topological polar surface area (TPSA) is 86.8 Å². The van der Waals surface area contributed by atoms with Gasteiger partial charge >= 0.3 is 12.1 Å². The molecule has 0 radical (unpaired) electrons. The van der Waals surface area contributed by atoms with Gasteiger partial charge in [-0.1, -0.05) is 23.7 Å². The second kappa shape index (κ2) is 10.0. The van der Waals surface area contributed by atoms with Gasteiger partial charge in [-0.2, -0.15) is 5.10 Å². The number of hydrogen-bond donors (Lipinski definition) is 1. The first kappa shape index (κ1) is 25.1. The molecule has 1 aromatic carbocycles. The number of ether oxygens (including phenoxy) is 2. The Bertz CT molecular complexity index is 1070. The second-order valence-corrected chi connectivity index (χ2v) is 8.58. The fourth-order valence-corrected chi connectivity index (χ4v) is 3.11. The van der Waals surface area contributed by atoms with Crippen LogP contribution in [0.15, 0.2) is 12.1 Å². The van der Waals surface area contributed by atoms with E-state index < -0.39 is 23.5 Å². The summed E-state index contributed by atoms with van der Waals surface area (Å²) >= 11 is 6.17. The van der Waals surface area contributed by atoms with E-state index in [-0.39, 0.29) is 52.4 Å². The largest absolute Gasteiger partial charge is 0.466 e. The zero-order chi connectivity index (χ0) is 24.2. The number of halogens is 2. The molecular formula is C22H26ClFN4O4. The van der Waals surface area contributed by atoms with Crippen LogP contribution < -0.4 is 5.32 Å². The van der Waals surface area contributed by atoms with Gasteiger partial charge in [0.15, 0.2) is 0 Å². The van der Waals surface area contributed by atoms with Crippen LogP contribution in [0.5, 0.6) is 0 Å². The van der Waals surface area contributed by atoms with Crippen LogP contribution in [0.3, 0.4) is 0 Å². The molecule has 0 fully saturated rings. The fraction of sp³-hybridized carbons (Fsp3) is 0.455. The number of carbonyl (C=O) groups is 2. The summed E-state index contributed by atoms with van der Waals surface area (Å²) in [6.45, 7) is 18.2. The number of aromatic nitrogens is 2. The maximum Gasteiger partial charge on any atom is 0.412 e. The van der Waals surface area contributed by atoms with E-state index >= 15 is 4.39 Å². The molecule has 8 nitrogen and oxygen atoms in total. The molecule has 0 aliphatic rings. The van der Waals surface area contributed by atoms with E-state index in [0.29, 0.717) is 0 Å². The quantitative estimate of drug-likeness (QED) is 0.423. The molecule has 0 bridgehead atoms. The minimum Gasteiger partial charge on any atom is -0.466 e. The predicted molar refractivity (Wildman–Crippen MR) is 119 cm³/mol. The molecule has 0 unspecified atom stereocenters. The van der Waals surface area contributed by atoms with Crippen molar-refractivity contribution in [3.63, 3.8) is 0 Å². The number of anilines is 1. The summed E-state index contributed by atoms with van der Waals surface area (Å²) in [6, 6.07) is 2.63. The van der Waals surface area contributed by atoms with Gasteiger partial charge in [0, 0.05) is 11.6 Å². The third-order valence-corrected chi connectivity index (χ3v) is 4.57. The number of nitrogens with one attached hydrogen (secondary N) is 1. The van der Waals surface area contributed by atoms with Crippen LogP contribution in [0.4, 0.5) is 20.7 Å². The van der Waals surface area contributed by atoms with Crippen LogP contribution in [-0.2, 0) is 20.7 Å². The first-order chi connectivity index (χ1) is 14.9. The Morgan fingerprint density at radius 3 is 2.53 bits per heavy atom. The van der Waals surface area contributed by atoms with Crippen molar-refractivity contribution in [2.45, 2.75) is 59.6 Å². The van der Waals surface area contributed by atoms with E-state index in [9.17, 15) is 9.59 Å². The Labute approximate surface area is 191 Å². The number of nitrogens with zero attached hydrogens (tertiary/aromatic N) is 3. The van der Waals surface area contributed by atoms with E-state index in [1.165, 1.54) is 16.8 Å². The fourth-order valence-electron chi connectivity index (χ4n) is 2.88. The molecule has 2 aromatic rings. The summed E-state index contributed by atoms with van der Waals surface area (Å²) in [7, 11) is 0. The Hall–Kier alpha value is -3.12. The molecule has 2 rings (SSSR count). The van der Waals surface area contributed by atoms with Gasteiger partial charge in [0.05, 0.1) is 24.6 Å². The van der Waals surface area contributed by atoms with Crippen molar-refractivity contribution in [2.75, 3.05) is 11.9 Å². The van der Waals surface area contributed by atoms with Crippen molar-refractivity contribution in [1.82, 2.24) is 9.78 Å². The molecule has 10 heteroatoms. The summed E-state index contributed by atoms with van der Waals surface area (Å²) in [5.41, 5.74) is -0.562. The molecule has 0 spiro atoms. The van der Waals surface area contributed by atoms with E-state index in [4.69, 9.17) is 27.6 Å². The lowest BCUT2D eigenvalue weighted by Gasteiger charge is -2.20. The van der Waals surface area contributed by atoms with Crippen molar-refractivity contribution >= 4 is 35.2 Å². The molecule has 1 N–H and O–H groups in total. The third kappa shape index (κ3) is 5.77. The van der Waals surface area contributed by atoms with Crippen LogP contribution in [0.1, 0.15) is 53.1 Å². The predicted octanol–water partition coefficient (Wildman–Crippen LogP) is 5.93. The van der Waals surface area contributed by atoms with Crippen molar-refractivity contribution < 1.29 is 23.5 Å². The van der Waals surface area contributed by atoms with E-state index in [0.717, 1.165) is 0 Å². The zero-order valence-corrected chi connectivity index (χ0v) is 19.6. The van der Waals surface area contributed by atoms with Gasteiger partial charge in [-0.25, -0.2) is 14.0 Å². The number of amides is 1. The lowest BCUT2D eigenvalue weighted by Crippen LogP contribution is -2.28. The monoisotopic (exact) mass is 464 g/mol. The summed E-state index contributed by atoms with van der Waals surface area (Å²) in [4.78, 5) is 27.5. The van der Waals surface area contributed by atoms with Crippen molar-refractivity contribution in [2.24, 2.45) is 0 Å². The van der Waals surface area contributed by atoms with Gasteiger partial charge in [-0.3, -0.25) is 14.8 Å². The van der Waals surface area contributed by atoms with Crippen LogP contribution in [-0.4, -0.2) is 34.1 Å². The van der Waals surface area contributed by atoms with Gasteiger partial charge in [0.25, 0.3) is 5.69 Å². The highest BCUT2D eigenvalue weighted by Crippen LogP contribution is 2.41. The van der Waals surface area contributed by atoms with Gasteiger partial charge in [-0.15, -0.1) is 0 Å². The maximum absolute atomic E-state index is 15.2. The molecule has 0 aliphatic carbocycles. The normalized spacial score (nSPS) is 11.2. The Kier molecular flexibility index (Phi) is 7.86. The summed E-state index contributed by atoms with van der Waals surface area (Å²) in [5, 5.41) is 6.66. The van der Waals surface area contributed by atoms with E-state index in [1.54, 1.807) is 41.5 Å². The van der Waals surface area contributed by atoms with Crippen LogP contribution in [0.25, 0.3) is 16.1 Å². The van der Waals surface area contributed by atoms with E-state index in [1.807, 2.05) is 0 Å². The Balaban J connectivity index is 2.54. The summed E-state index contributed by atoms with van der Waals surface area (Å²) in [5.74, 6) is -1.27. The molecule has 1 amide bonds. The molecule has 0 aliphatic heterocycles. The molecule has 0 saturated heterocycles. The van der Waals surface area contributed by atoms with Crippen LogP contribution >= 0.6 is 11.6 Å². The van der Waals surface area contributed by atoms with Gasteiger partial charge in [0.2, 0.25) is 0 Å². The first-order valence-electron chi connectivity index (χ1n) is 10.0. The van der Waals surface area contributed by atoms with E-state index in [2.05, 4.69) is 15.3 Å². The smallest absolute Gasteiger partial charge is 0.412 e. The lowest BCUT2D eigenvalue weighted by atomic mass is 10.0. The molecule has 1 heterocycles. The number of rotatable bonds is 6. The van der Waals surface area contributed by atoms with Crippen molar-refractivity contribution in [3.8, 4) is 11.3 Å². The zero-order valence-electron chi connectivity index (χ0n) is 18.9. The molecule has 0 atom stereocenters. The highest BCUT2D eigenvalue weighted by Gasteiger charge is 2.27. The number of benzene rings is 1. The molecule has 32 heavy (non-hydrogen) atoms. The number of hydrogen-bond acceptors (Lipinski definition) is 5. The minimum absolute atomic E-state index is 0.0156.